The Hall–Kier alpha value is -0.0800. The second kappa shape index (κ2) is 4.73. The normalized spacial score (nSPS) is 48.0. The molecule has 0 aliphatic heterocycles. The molecule has 0 saturated heterocycles. The van der Waals surface area contributed by atoms with Crippen molar-refractivity contribution in [1.82, 2.24) is 5.32 Å². The highest BCUT2D eigenvalue weighted by Crippen LogP contribution is 2.62. The molecule has 0 aromatic rings. The first-order chi connectivity index (χ1) is 8.97. The van der Waals surface area contributed by atoms with Crippen molar-refractivity contribution in [2.45, 2.75) is 65.3 Å². The average Bonchev–Trinajstić information content (AvgIpc) is 2.99. The molecule has 3 aliphatic rings. The van der Waals surface area contributed by atoms with Crippen LogP contribution in [0.2, 0.25) is 0 Å². The Bertz CT molecular complexity index is 335. The molecule has 3 fully saturated rings. The van der Waals surface area contributed by atoms with Gasteiger partial charge in [-0.1, -0.05) is 27.2 Å². The Balaban J connectivity index is 1.63. The van der Waals surface area contributed by atoms with Crippen LogP contribution in [0.4, 0.5) is 0 Å². The third-order valence-corrected chi connectivity index (χ3v) is 6.90. The standard InChI is InChI=1S/C17H31NO/c1-16(2)14-7-8-17(3,9-14)15(16)18-10-12-5-4-6-13(12)11-19/h12-15,18-19H,4-11H2,1-3H3. The topological polar surface area (TPSA) is 32.3 Å². The number of hydrogen-bond donors (Lipinski definition) is 2. The van der Waals surface area contributed by atoms with Crippen LogP contribution >= 0.6 is 0 Å². The van der Waals surface area contributed by atoms with Crippen molar-refractivity contribution in [1.29, 1.82) is 0 Å². The van der Waals surface area contributed by atoms with Crippen molar-refractivity contribution in [3.63, 3.8) is 0 Å². The molecule has 2 N–H and O–H groups in total. The quantitative estimate of drug-likeness (QED) is 0.818. The summed E-state index contributed by atoms with van der Waals surface area (Å²) >= 11 is 0. The first-order valence-electron chi connectivity index (χ1n) is 8.31. The number of aliphatic hydroxyl groups is 1. The number of hydrogen-bond acceptors (Lipinski definition) is 2. The van der Waals surface area contributed by atoms with Gasteiger partial charge in [0.1, 0.15) is 0 Å². The Morgan fingerprint density at radius 3 is 2.47 bits per heavy atom. The Kier molecular flexibility index (Phi) is 3.46. The van der Waals surface area contributed by atoms with Crippen LogP contribution in [0.3, 0.4) is 0 Å². The lowest BCUT2D eigenvalue weighted by molar-refractivity contribution is 0.0991. The molecule has 19 heavy (non-hydrogen) atoms. The van der Waals surface area contributed by atoms with Gasteiger partial charge in [0.25, 0.3) is 0 Å². The fourth-order valence-electron chi connectivity index (χ4n) is 5.70. The lowest BCUT2D eigenvalue weighted by Crippen LogP contribution is -2.51. The van der Waals surface area contributed by atoms with Gasteiger partial charge in [-0.15, -0.1) is 0 Å². The van der Waals surface area contributed by atoms with E-state index in [1.54, 1.807) is 0 Å². The van der Waals surface area contributed by atoms with Crippen LogP contribution in [0.25, 0.3) is 0 Å². The monoisotopic (exact) mass is 265 g/mol. The van der Waals surface area contributed by atoms with Gasteiger partial charge in [0, 0.05) is 12.6 Å². The van der Waals surface area contributed by atoms with Crippen LogP contribution in [-0.4, -0.2) is 24.3 Å². The van der Waals surface area contributed by atoms with Crippen molar-refractivity contribution in [3.8, 4) is 0 Å². The van der Waals surface area contributed by atoms with Crippen molar-refractivity contribution in [3.05, 3.63) is 0 Å². The first-order valence-corrected chi connectivity index (χ1v) is 8.31. The van der Waals surface area contributed by atoms with Crippen LogP contribution in [0, 0.1) is 28.6 Å². The summed E-state index contributed by atoms with van der Waals surface area (Å²) in [5.74, 6) is 2.19. The minimum absolute atomic E-state index is 0.389. The molecule has 2 bridgehead atoms. The number of nitrogens with one attached hydrogen (secondary N) is 1. The van der Waals surface area contributed by atoms with E-state index in [1.807, 2.05) is 0 Å². The zero-order valence-corrected chi connectivity index (χ0v) is 12.9. The Morgan fingerprint density at radius 1 is 1.11 bits per heavy atom. The highest BCUT2D eigenvalue weighted by Gasteiger charge is 2.59. The third-order valence-electron chi connectivity index (χ3n) is 6.90. The Labute approximate surface area is 118 Å². The maximum atomic E-state index is 9.46. The van der Waals surface area contributed by atoms with E-state index in [2.05, 4.69) is 26.1 Å². The van der Waals surface area contributed by atoms with Gasteiger partial charge in [0.05, 0.1) is 0 Å². The molecule has 5 atom stereocenters. The molecule has 3 rings (SSSR count). The minimum Gasteiger partial charge on any atom is -0.396 e. The van der Waals surface area contributed by atoms with Crippen molar-refractivity contribution in [2.75, 3.05) is 13.2 Å². The van der Waals surface area contributed by atoms with E-state index in [0.29, 0.717) is 35.3 Å². The summed E-state index contributed by atoms with van der Waals surface area (Å²) in [6.07, 6.45) is 8.12. The molecule has 0 amide bonds. The fraction of sp³-hybridized carbons (Fsp3) is 1.00. The van der Waals surface area contributed by atoms with Gasteiger partial charge >= 0.3 is 0 Å². The second-order valence-electron chi connectivity index (χ2n) is 8.39. The zero-order valence-electron chi connectivity index (χ0n) is 12.9. The smallest absolute Gasteiger partial charge is 0.0462 e. The van der Waals surface area contributed by atoms with Gasteiger partial charge in [-0.25, -0.2) is 0 Å². The summed E-state index contributed by atoms with van der Waals surface area (Å²) in [6, 6.07) is 0.679. The molecule has 0 aromatic heterocycles. The van der Waals surface area contributed by atoms with Crippen molar-refractivity contribution >= 4 is 0 Å². The largest absolute Gasteiger partial charge is 0.396 e. The molecule has 0 radical (unpaired) electrons. The molecule has 0 aromatic carbocycles. The summed E-state index contributed by atoms with van der Waals surface area (Å²) in [5, 5.41) is 13.4. The van der Waals surface area contributed by atoms with Crippen LogP contribution in [-0.2, 0) is 0 Å². The molecule has 5 unspecified atom stereocenters. The third kappa shape index (κ3) is 2.15. The summed E-state index contributed by atoms with van der Waals surface area (Å²) in [6.45, 7) is 8.95. The van der Waals surface area contributed by atoms with Crippen LogP contribution in [0.15, 0.2) is 0 Å². The second-order valence-corrected chi connectivity index (χ2v) is 8.39. The van der Waals surface area contributed by atoms with Crippen molar-refractivity contribution in [2.24, 2.45) is 28.6 Å². The highest BCUT2D eigenvalue weighted by molar-refractivity contribution is 5.12. The summed E-state index contributed by atoms with van der Waals surface area (Å²) < 4.78 is 0. The lowest BCUT2D eigenvalue weighted by Gasteiger charge is -2.44. The maximum absolute atomic E-state index is 9.46. The molecular weight excluding hydrogens is 234 g/mol. The number of fused-ring (bicyclic) bond motifs is 2. The number of aliphatic hydroxyl groups excluding tert-OH is 1. The van der Waals surface area contributed by atoms with E-state index < -0.39 is 0 Å². The summed E-state index contributed by atoms with van der Waals surface area (Å²) in [5.41, 5.74) is 0.988. The molecule has 2 heteroatoms. The van der Waals surface area contributed by atoms with Crippen LogP contribution < -0.4 is 5.32 Å². The SMILES string of the molecule is CC12CCC(C1)C(C)(C)C2NCC1CCCC1CO. The molecular formula is C17H31NO. The van der Waals surface area contributed by atoms with E-state index >= 15 is 0 Å². The number of rotatable bonds is 4. The minimum atomic E-state index is 0.389. The van der Waals surface area contributed by atoms with E-state index in [-0.39, 0.29) is 0 Å². The maximum Gasteiger partial charge on any atom is 0.0462 e. The lowest BCUT2D eigenvalue weighted by atomic mass is 9.68. The Morgan fingerprint density at radius 2 is 1.84 bits per heavy atom. The van der Waals surface area contributed by atoms with Gasteiger partial charge in [-0.2, -0.15) is 0 Å². The highest BCUT2D eigenvalue weighted by atomic mass is 16.3. The zero-order chi connectivity index (χ0) is 13.7. The average molecular weight is 265 g/mol. The van der Waals surface area contributed by atoms with E-state index in [0.717, 1.165) is 12.5 Å². The molecule has 0 spiro atoms. The molecule has 3 aliphatic carbocycles. The fourth-order valence-corrected chi connectivity index (χ4v) is 5.70. The first kappa shape index (κ1) is 13.9. The molecule has 110 valence electrons. The summed E-state index contributed by atoms with van der Waals surface area (Å²) in [4.78, 5) is 0. The van der Waals surface area contributed by atoms with Gasteiger partial charge in [-0.3, -0.25) is 0 Å². The van der Waals surface area contributed by atoms with E-state index in [4.69, 9.17) is 0 Å². The van der Waals surface area contributed by atoms with E-state index in [9.17, 15) is 5.11 Å². The van der Waals surface area contributed by atoms with Gasteiger partial charge in [0.2, 0.25) is 0 Å². The summed E-state index contributed by atoms with van der Waals surface area (Å²) in [7, 11) is 0. The molecule has 3 saturated carbocycles. The predicted molar refractivity (Wildman–Crippen MR) is 78.9 cm³/mol. The molecule has 0 heterocycles. The van der Waals surface area contributed by atoms with Gasteiger partial charge in [0.15, 0.2) is 0 Å². The molecule has 2 nitrogen and oxygen atoms in total. The van der Waals surface area contributed by atoms with Crippen LogP contribution in [0.5, 0.6) is 0 Å². The van der Waals surface area contributed by atoms with E-state index in [1.165, 1.54) is 38.5 Å². The van der Waals surface area contributed by atoms with Crippen molar-refractivity contribution < 1.29 is 5.11 Å². The predicted octanol–water partition coefficient (Wildman–Crippen LogP) is 3.20. The van der Waals surface area contributed by atoms with Crippen LogP contribution in [0.1, 0.15) is 59.3 Å². The van der Waals surface area contributed by atoms with Gasteiger partial charge < -0.3 is 10.4 Å². The van der Waals surface area contributed by atoms with Gasteiger partial charge in [-0.05, 0) is 67.2 Å².